The highest BCUT2D eigenvalue weighted by Crippen LogP contribution is 2.29. The van der Waals surface area contributed by atoms with E-state index in [1.165, 1.54) is 0 Å². The summed E-state index contributed by atoms with van der Waals surface area (Å²) in [5.74, 6) is 2.81. The predicted octanol–water partition coefficient (Wildman–Crippen LogP) is 5.46. The van der Waals surface area contributed by atoms with Gasteiger partial charge in [-0.3, -0.25) is 4.98 Å². The Hall–Kier alpha value is -3.73. The van der Waals surface area contributed by atoms with Crippen molar-refractivity contribution in [2.24, 2.45) is 0 Å². The van der Waals surface area contributed by atoms with Gasteiger partial charge in [0.15, 0.2) is 23.0 Å². The normalized spacial score (nSPS) is 11.1. The second kappa shape index (κ2) is 10.2. The number of benzene rings is 2. The van der Waals surface area contributed by atoms with Crippen LogP contribution in [0.3, 0.4) is 0 Å². The topological polar surface area (TPSA) is 49.8 Å². The van der Waals surface area contributed by atoms with E-state index in [-0.39, 0.29) is 0 Å². The molecule has 0 aliphatic heterocycles. The molecular weight excluding hydrogens is 378 g/mol. The molecule has 5 heteroatoms. The van der Waals surface area contributed by atoms with Gasteiger partial charge in [-0.25, -0.2) is 0 Å². The largest absolute Gasteiger partial charge is 0.493 e. The SMILES string of the molecule is COc1ccc(C=Cc2cncc(C=Cc3ccc(OC)c(OC)c3)c2)cc1OC. The van der Waals surface area contributed by atoms with Crippen LogP contribution in [0.1, 0.15) is 22.3 Å². The van der Waals surface area contributed by atoms with E-state index in [2.05, 4.69) is 11.1 Å². The van der Waals surface area contributed by atoms with E-state index < -0.39 is 0 Å². The number of rotatable bonds is 8. The van der Waals surface area contributed by atoms with Crippen LogP contribution in [-0.2, 0) is 0 Å². The lowest BCUT2D eigenvalue weighted by atomic mass is 10.1. The first-order valence-corrected chi connectivity index (χ1v) is 9.42. The molecule has 1 heterocycles. The van der Waals surface area contributed by atoms with Gasteiger partial charge in [-0.2, -0.15) is 0 Å². The molecule has 0 saturated carbocycles. The van der Waals surface area contributed by atoms with Crippen molar-refractivity contribution >= 4 is 24.3 Å². The quantitative estimate of drug-likeness (QED) is 0.500. The first kappa shape index (κ1) is 21.0. The van der Waals surface area contributed by atoms with E-state index in [1.54, 1.807) is 28.4 Å². The van der Waals surface area contributed by atoms with Gasteiger partial charge in [0.2, 0.25) is 0 Å². The first-order chi connectivity index (χ1) is 14.7. The van der Waals surface area contributed by atoms with Crippen molar-refractivity contribution in [3.05, 3.63) is 77.1 Å². The number of methoxy groups -OCH3 is 4. The molecule has 2 aromatic carbocycles. The lowest BCUT2D eigenvalue weighted by molar-refractivity contribution is 0.355. The van der Waals surface area contributed by atoms with Crippen molar-refractivity contribution in [1.29, 1.82) is 0 Å². The van der Waals surface area contributed by atoms with Crippen molar-refractivity contribution in [2.45, 2.75) is 0 Å². The Morgan fingerprint density at radius 1 is 0.500 bits per heavy atom. The van der Waals surface area contributed by atoms with Crippen LogP contribution in [0.15, 0.2) is 54.9 Å². The second-order valence-electron chi connectivity index (χ2n) is 6.45. The van der Waals surface area contributed by atoms with Crippen molar-refractivity contribution in [3.63, 3.8) is 0 Å². The van der Waals surface area contributed by atoms with Gasteiger partial charge in [0.05, 0.1) is 28.4 Å². The summed E-state index contributed by atoms with van der Waals surface area (Å²) in [7, 11) is 6.51. The van der Waals surface area contributed by atoms with E-state index >= 15 is 0 Å². The molecule has 0 aliphatic rings. The van der Waals surface area contributed by atoms with E-state index in [0.29, 0.717) is 23.0 Å². The molecule has 0 N–H and O–H groups in total. The summed E-state index contributed by atoms with van der Waals surface area (Å²) in [5, 5.41) is 0. The number of nitrogens with zero attached hydrogens (tertiary/aromatic N) is 1. The van der Waals surface area contributed by atoms with E-state index in [9.17, 15) is 0 Å². The Morgan fingerprint density at radius 2 is 0.900 bits per heavy atom. The summed E-state index contributed by atoms with van der Waals surface area (Å²) in [5.41, 5.74) is 4.02. The molecule has 0 amide bonds. The molecule has 30 heavy (non-hydrogen) atoms. The third-order valence-corrected chi connectivity index (χ3v) is 4.53. The molecule has 0 atom stereocenters. The van der Waals surface area contributed by atoms with Crippen molar-refractivity contribution in [2.75, 3.05) is 28.4 Å². The fraction of sp³-hybridized carbons (Fsp3) is 0.160. The third kappa shape index (κ3) is 5.20. The maximum absolute atomic E-state index is 5.36. The van der Waals surface area contributed by atoms with Gasteiger partial charge >= 0.3 is 0 Å². The second-order valence-corrected chi connectivity index (χ2v) is 6.45. The smallest absolute Gasteiger partial charge is 0.161 e. The number of hydrogen-bond donors (Lipinski definition) is 0. The monoisotopic (exact) mass is 403 g/mol. The summed E-state index contributed by atoms with van der Waals surface area (Å²) in [6.45, 7) is 0. The number of aromatic nitrogens is 1. The van der Waals surface area contributed by atoms with Crippen molar-refractivity contribution in [3.8, 4) is 23.0 Å². The average Bonchev–Trinajstić information content (AvgIpc) is 2.81. The average molecular weight is 403 g/mol. The minimum Gasteiger partial charge on any atom is -0.493 e. The lowest BCUT2D eigenvalue weighted by Gasteiger charge is -2.07. The minimum atomic E-state index is 0.698. The molecule has 154 valence electrons. The Bertz CT molecular complexity index is 976. The predicted molar refractivity (Wildman–Crippen MR) is 121 cm³/mol. The van der Waals surface area contributed by atoms with Crippen molar-refractivity contribution in [1.82, 2.24) is 4.98 Å². The van der Waals surface area contributed by atoms with Crippen LogP contribution in [0, 0.1) is 0 Å². The van der Waals surface area contributed by atoms with Crippen LogP contribution >= 0.6 is 0 Å². The van der Waals surface area contributed by atoms with Crippen LogP contribution in [-0.4, -0.2) is 33.4 Å². The highest BCUT2D eigenvalue weighted by atomic mass is 16.5. The van der Waals surface area contributed by atoms with Crippen molar-refractivity contribution < 1.29 is 18.9 Å². The van der Waals surface area contributed by atoms with Gasteiger partial charge in [-0.15, -0.1) is 0 Å². The molecule has 0 radical (unpaired) electrons. The summed E-state index contributed by atoms with van der Waals surface area (Å²) >= 11 is 0. The maximum Gasteiger partial charge on any atom is 0.161 e. The zero-order chi connectivity index (χ0) is 21.3. The fourth-order valence-corrected chi connectivity index (χ4v) is 2.96. The summed E-state index contributed by atoms with van der Waals surface area (Å²) in [4.78, 5) is 4.34. The fourth-order valence-electron chi connectivity index (χ4n) is 2.96. The van der Waals surface area contributed by atoms with Gasteiger partial charge in [0, 0.05) is 12.4 Å². The summed E-state index contributed by atoms with van der Waals surface area (Å²) < 4.78 is 21.3. The van der Waals surface area contributed by atoms with E-state index in [4.69, 9.17) is 18.9 Å². The third-order valence-electron chi connectivity index (χ3n) is 4.53. The molecule has 1 aromatic heterocycles. The van der Waals surface area contributed by atoms with Crippen LogP contribution < -0.4 is 18.9 Å². The number of pyridine rings is 1. The molecule has 3 aromatic rings. The Kier molecular flexibility index (Phi) is 7.11. The van der Waals surface area contributed by atoms with Gasteiger partial charge in [-0.05, 0) is 52.6 Å². The van der Waals surface area contributed by atoms with Gasteiger partial charge in [-0.1, -0.05) is 36.4 Å². The van der Waals surface area contributed by atoms with Crippen LogP contribution in [0.5, 0.6) is 23.0 Å². The summed E-state index contributed by atoms with van der Waals surface area (Å²) in [6, 6.07) is 13.7. The molecule has 3 rings (SSSR count). The number of ether oxygens (including phenoxy) is 4. The lowest BCUT2D eigenvalue weighted by Crippen LogP contribution is -1.90. The zero-order valence-corrected chi connectivity index (χ0v) is 17.6. The minimum absolute atomic E-state index is 0.698. The first-order valence-electron chi connectivity index (χ1n) is 9.42. The van der Waals surface area contributed by atoms with Gasteiger partial charge < -0.3 is 18.9 Å². The molecule has 0 spiro atoms. The Labute approximate surface area is 177 Å². The van der Waals surface area contributed by atoms with Gasteiger partial charge in [0.1, 0.15) is 0 Å². The molecule has 0 bridgehead atoms. The van der Waals surface area contributed by atoms with Gasteiger partial charge in [0.25, 0.3) is 0 Å². The Morgan fingerprint density at radius 3 is 1.30 bits per heavy atom. The molecule has 5 nitrogen and oxygen atoms in total. The standard InChI is InChI=1S/C25H25NO4/c1-27-22-11-9-18(14-24(22)29-3)5-7-20-13-21(17-26-16-20)8-6-19-10-12-23(28-2)25(15-19)30-4/h5-17H,1-4H3. The molecule has 0 unspecified atom stereocenters. The molecule has 0 fully saturated rings. The molecular formula is C25H25NO4. The van der Waals surface area contributed by atoms with Crippen LogP contribution in [0.2, 0.25) is 0 Å². The zero-order valence-electron chi connectivity index (χ0n) is 17.6. The Balaban J connectivity index is 1.76. The van der Waals surface area contributed by atoms with E-state index in [1.807, 2.05) is 73.1 Å². The summed E-state index contributed by atoms with van der Waals surface area (Å²) in [6.07, 6.45) is 11.7. The maximum atomic E-state index is 5.36. The van der Waals surface area contributed by atoms with E-state index in [0.717, 1.165) is 22.3 Å². The number of hydrogen-bond acceptors (Lipinski definition) is 5. The molecule has 0 saturated heterocycles. The molecule has 0 aliphatic carbocycles. The highest BCUT2D eigenvalue weighted by Gasteiger charge is 2.04. The highest BCUT2D eigenvalue weighted by molar-refractivity contribution is 5.74. The van der Waals surface area contributed by atoms with Crippen LogP contribution in [0.25, 0.3) is 24.3 Å². The van der Waals surface area contributed by atoms with Crippen LogP contribution in [0.4, 0.5) is 0 Å².